The van der Waals surface area contributed by atoms with E-state index in [0.717, 1.165) is 5.56 Å². The van der Waals surface area contributed by atoms with Crippen molar-refractivity contribution in [3.8, 4) is 0 Å². The SMILES string of the molecule is CC(NC(=O)c1ccnc(C(=O)NCCc2ccccc2F)c1)c1ccccc1. The number of halogens is 1. The first-order valence-electron chi connectivity index (χ1n) is 9.38. The van der Waals surface area contributed by atoms with E-state index >= 15 is 0 Å². The number of amides is 2. The van der Waals surface area contributed by atoms with Gasteiger partial charge in [0, 0.05) is 18.3 Å². The van der Waals surface area contributed by atoms with Crippen molar-refractivity contribution >= 4 is 11.8 Å². The maximum Gasteiger partial charge on any atom is 0.269 e. The van der Waals surface area contributed by atoms with Crippen LogP contribution in [0.3, 0.4) is 0 Å². The van der Waals surface area contributed by atoms with Gasteiger partial charge in [-0.2, -0.15) is 0 Å². The highest BCUT2D eigenvalue weighted by Crippen LogP contribution is 2.13. The molecule has 3 aromatic rings. The molecule has 3 rings (SSSR count). The Morgan fingerprint density at radius 2 is 1.72 bits per heavy atom. The normalized spacial score (nSPS) is 11.5. The molecule has 0 saturated carbocycles. The molecule has 2 aromatic carbocycles. The average Bonchev–Trinajstić information content (AvgIpc) is 2.75. The fourth-order valence-corrected chi connectivity index (χ4v) is 2.90. The topological polar surface area (TPSA) is 71.1 Å². The number of pyridine rings is 1. The number of rotatable bonds is 7. The van der Waals surface area contributed by atoms with E-state index in [0.29, 0.717) is 17.5 Å². The summed E-state index contributed by atoms with van der Waals surface area (Å²) in [7, 11) is 0. The van der Waals surface area contributed by atoms with Crippen molar-refractivity contribution in [2.24, 2.45) is 0 Å². The maximum absolute atomic E-state index is 13.6. The van der Waals surface area contributed by atoms with Gasteiger partial charge in [0.1, 0.15) is 11.5 Å². The van der Waals surface area contributed by atoms with Gasteiger partial charge < -0.3 is 10.6 Å². The van der Waals surface area contributed by atoms with Gasteiger partial charge in [-0.3, -0.25) is 14.6 Å². The van der Waals surface area contributed by atoms with Crippen molar-refractivity contribution in [3.63, 3.8) is 0 Å². The highest BCUT2D eigenvalue weighted by atomic mass is 19.1. The van der Waals surface area contributed by atoms with Crippen molar-refractivity contribution in [3.05, 3.63) is 101 Å². The van der Waals surface area contributed by atoms with Gasteiger partial charge in [0.2, 0.25) is 0 Å². The zero-order chi connectivity index (χ0) is 20.6. The lowest BCUT2D eigenvalue weighted by atomic mass is 10.1. The molecule has 0 aliphatic carbocycles. The lowest BCUT2D eigenvalue weighted by molar-refractivity contribution is 0.0939. The Kier molecular flexibility index (Phi) is 6.68. The predicted molar refractivity (Wildman–Crippen MR) is 109 cm³/mol. The zero-order valence-corrected chi connectivity index (χ0v) is 16.1. The summed E-state index contributed by atoms with van der Waals surface area (Å²) >= 11 is 0. The first-order valence-corrected chi connectivity index (χ1v) is 9.38. The number of carbonyl (C=O) groups is 2. The lowest BCUT2D eigenvalue weighted by Gasteiger charge is -2.14. The van der Waals surface area contributed by atoms with Crippen LogP contribution in [0.1, 0.15) is 44.9 Å². The molecular weight excluding hydrogens is 369 g/mol. The lowest BCUT2D eigenvalue weighted by Crippen LogP contribution is -2.29. The molecule has 1 unspecified atom stereocenters. The van der Waals surface area contributed by atoms with Crippen molar-refractivity contribution < 1.29 is 14.0 Å². The van der Waals surface area contributed by atoms with Crippen molar-refractivity contribution in [2.75, 3.05) is 6.54 Å². The van der Waals surface area contributed by atoms with Crippen LogP contribution >= 0.6 is 0 Å². The van der Waals surface area contributed by atoms with Crippen molar-refractivity contribution in [1.82, 2.24) is 15.6 Å². The third-order valence-corrected chi connectivity index (χ3v) is 4.54. The van der Waals surface area contributed by atoms with Gasteiger partial charge in [0.15, 0.2) is 0 Å². The van der Waals surface area contributed by atoms with Gasteiger partial charge in [-0.15, -0.1) is 0 Å². The monoisotopic (exact) mass is 391 g/mol. The quantitative estimate of drug-likeness (QED) is 0.645. The van der Waals surface area contributed by atoms with E-state index in [1.165, 1.54) is 18.3 Å². The van der Waals surface area contributed by atoms with Crippen LogP contribution < -0.4 is 10.6 Å². The van der Waals surface area contributed by atoms with Crippen LogP contribution in [0.15, 0.2) is 72.9 Å². The highest BCUT2D eigenvalue weighted by Gasteiger charge is 2.14. The average molecular weight is 391 g/mol. The van der Waals surface area contributed by atoms with Crippen LogP contribution in [0.5, 0.6) is 0 Å². The summed E-state index contributed by atoms with van der Waals surface area (Å²) in [5.41, 5.74) is 2.00. The van der Waals surface area contributed by atoms with E-state index in [9.17, 15) is 14.0 Å². The number of nitrogens with one attached hydrogen (secondary N) is 2. The van der Waals surface area contributed by atoms with Crippen LogP contribution in [0.25, 0.3) is 0 Å². The number of carbonyl (C=O) groups excluding carboxylic acids is 2. The van der Waals surface area contributed by atoms with E-state index in [1.807, 2.05) is 37.3 Å². The Morgan fingerprint density at radius 3 is 2.48 bits per heavy atom. The highest BCUT2D eigenvalue weighted by molar-refractivity contribution is 5.98. The molecule has 5 nitrogen and oxygen atoms in total. The van der Waals surface area contributed by atoms with E-state index in [4.69, 9.17) is 0 Å². The number of aromatic nitrogens is 1. The van der Waals surface area contributed by atoms with Crippen LogP contribution in [0, 0.1) is 5.82 Å². The molecule has 0 aliphatic heterocycles. The van der Waals surface area contributed by atoms with Crippen LogP contribution in [0.2, 0.25) is 0 Å². The van der Waals surface area contributed by atoms with Gasteiger partial charge in [-0.05, 0) is 42.7 Å². The van der Waals surface area contributed by atoms with Crippen molar-refractivity contribution in [1.29, 1.82) is 0 Å². The fourth-order valence-electron chi connectivity index (χ4n) is 2.90. The molecule has 1 heterocycles. The summed E-state index contributed by atoms with van der Waals surface area (Å²) in [4.78, 5) is 28.9. The van der Waals surface area contributed by atoms with E-state index in [-0.39, 0.29) is 30.0 Å². The minimum absolute atomic E-state index is 0.138. The van der Waals surface area contributed by atoms with Crippen LogP contribution in [-0.2, 0) is 6.42 Å². The molecule has 1 atom stereocenters. The first kappa shape index (κ1) is 20.2. The molecule has 6 heteroatoms. The molecule has 148 valence electrons. The summed E-state index contributed by atoms with van der Waals surface area (Å²) in [6.45, 7) is 2.16. The molecule has 0 aliphatic rings. The van der Waals surface area contributed by atoms with Gasteiger partial charge >= 0.3 is 0 Å². The first-order chi connectivity index (χ1) is 14.0. The van der Waals surface area contributed by atoms with Crippen molar-refractivity contribution in [2.45, 2.75) is 19.4 Å². The van der Waals surface area contributed by atoms with Gasteiger partial charge in [-0.25, -0.2) is 4.39 Å². The molecule has 2 amide bonds. The van der Waals surface area contributed by atoms with Crippen LogP contribution in [0.4, 0.5) is 4.39 Å². The summed E-state index contributed by atoms with van der Waals surface area (Å²) in [6, 6.07) is 18.9. The predicted octanol–water partition coefficient (Wildman–Crippen LogP) is 3.68. The smallest absolute Gasteiger partial charge is 0.269 e. The molecule has 0 saturated heterocycles. The summed E-state index contributed by atoms with van der Waals surface area (Å²) in [5.74, 6) is -0.998. The Hall–Kier alpha value is -3.54. The summed E-state index contributed by atoms with van der Waals surface area (Å²) in [6.07, 6.45) is 1.79. The minimum atomic E-state index is -0.410. The van der Waals surface area contributed by atoms with E-state index < -0.39 is 5.91 Å². The Labute approximate surface area is 169 Å². The van der Waals surface area contributed by atoms with Gasteiger partial charge in [0.25, 0.3) is 11.8 Å². The number of hydrogen-bond acceptors (Lipinski definition) is 3. The second-order valence-electron chi connectivity index (χ2n) is 6.63. The number of benzene rings is 2. The summed E-state index contributed by atoms with van der Waals surface area (Å²) in [5, 5.41) is 5.62. The maximum atomic E-state index is 13.6. The number of nitrogens with zero attached hydrogens (tertiary/aromatic N) is 1. The molecule has 29 heavy (non-hydrogen) atoms. The molecule has 2 N–H and O–H groups in total. The largest absolute Gasteiger partial charge is 0.350 e. The second kappa shape index (κ2) is 9.59. The zero-order valence-electron chi connectivity index (χ0n) is 16.1. The second-order valence-corrected chi connectivity index (χ2v) is 6.63. The van der Waals surface area contributed by atoms with Gasteiger partial charge in [-0.1, -0.05) is 48.5 Å². The minimum Gasteiger partial charge on any atom is -0.350 e. The molecular formula is C23H22FN3O2. The molecule has 0 bridgehead atoms. The summed E-state index contributed by atoms with van der Waals surface area (Å²) < 4.78 is 13.6. The molecule has 0 radical (unpaired) electrons. The van der Waals surface area contributed by atoms with E-state index in [2.05, 4.69) is 15.6 Å². The molecule has 0 spiro atoms. The third kappa shape index (κ3) is 5.48. The Bertz CT molecular complexity index is 992. The molecule has 0 fully saturated rings. The number of hydrogen-bond donors (Lipinski definition) is 2. The Morgan fingerprint density at radius 1 is 1.00 bits per heavy atom. The van der Waals surface area contributed by atoms with Gasteiger partial charge in [0.05, 0.1) is 6.04 Å². The Balaban J connectivity index is 1.58. The standard InChI is InChI=1S/C23H22FN3O2/c1-16(17-7-3-2-4-8-17)27-22(28)19-12-13-25-21(15-19)23(29)26-14-11-18-9-5-6-10-20(18)24/h2-10,12-13,15-16H,11,14H2,1H3,(H,26,29)(H,27,28). The fraction of sp³-hybridized carbons (Fsp3) is 0.174. The third-order valence-electron chi connectivity index (χ3n) is 4.54. The van der Waals surface area contributed by atoms with Crippen LogP contribution in [-0.4, -0.2) is 23.3 Å². The molecule has 1 aromatic heterocycles. The van der Waals surface area contributed by atoms with E-state index in [1.54, 1.807) is 24.3 Å².